The van der Waals surface area contributed by atoms with Crippen molar-refractivity contribution in [1.29, 1.82) is 0 Å². The van der Waals surface area contributed by atoms with Crippen LogP contribution < -0.4 is 15.1 Å². The summed E-state index contributed by atoms with van der Waals surface area (Å²) in [5.74, 6) is -1.60. The monoisotopic (exact) mass is 478 g/mol. The lowest BCUT2D eigenvalue weighted by molar-refractivity contribution is -0.149. The first-order chi connectivity index (χ1) is 16.2. The average molecular weight is 478 g/mol. The van der Waals surface area contributed by atoms with Crippen LogP contribution in [0.15, 0.2) is 18.2 Å². The smallest absolute Gasteiger partial charge is 0.414 e. The predicted octanol–water partition coefficient (Wildman–Crippen LogP) is 0.266. The maximum Gasteiger partial charge on any atom is 0.414 e. The lowest BCUT2D eigenvalue weighted by Gasteiger charge is -2.38. The summed E-state index contributed by atoms with van der Waals surface area (Å²) in [6.07, 6.45) is -1.42. The molecule has 1 N–H and O–H groups in total. The van der Waals surface area contributed by atoms with E-state index in [1.165, 1.54) is 24.8 Å². The third-order valence-corrected chi connectivity index (χ3v) is 6.06. The van der Waals surface area contributed by atoms with Crippen molar-refractivity contribution in [3.63, 3.8) is 0 Å². The van der Waals surface area contributed by atoms with Gasteiger partial charge in [-0.1, -0.05) is 0 Å². The maximum absolute atomic E-state index is 15.2. The number of nitrogens with one attached hydrogen (secondary N) is 1. The summed E-state index contributed by atoms with van der Waals surface area (Å²) < 4.78 is 31.1. The van der Waals surface area contributed by atoms with E-state index < -0.39 is 24.0 Å². The molecule has 0 bridgehead atoms. The second-order valence-electron chi connectivity index (χ2n) is 8.44. The van der Waals surface area contributed by atoms with Crippen LogP contribution in [-0.2, 0) is 28.6 Å². The third-order valence-electron chi connectivity index (χ3n) is 6.06. The Balaban J connectivity index is 1.44. The van der Waals surface area contributed by atoms with Gasteiger partial charge in [0.2, 0.25) is 5.91 Å². The molecule has 0 radical (unpaired) electrons. The number of rotatable bonds is 6. The van der Waals surface area contributed by atoms with Gasteiger partial charge in [0, 0.05) is 33.5 Å². The van der Waals surface area contributed by atoms with Gasteiger partial charge in [-0.2, -0.15) is 0 Å². The van der Waals surface area contributed by atoms with Crippen LogP contribution in [0.25, 0.3) is 0 Å². The highest BCUT2D eigenvalue weighted by molar-refractivity contribution is 5.90. The Kier molecular flexibility index (Phi) is 6.87. The maximum atomic E-state index is 15.2. The molecule has 3 saturated heterocycles. The summed E-state index contributed by atoms with van der Waals surface area (Å²) in [4.78, 5) is 51.4. The Hall–Kier alpha value is -3.41. The zero-order chi connectivity index (χ0) is 24.4. The first-order valence-electron chi connectivity index (χ1n) is 11.0. The number of likely N-dealkylation sites (tertiary alicyclic amines) is 1. The molecule has 11 nitrogen and oxygen atoms in total. The van der Waals surface area contributed by atoms with Crippen LogP contribution in [0.4, 0.5) is 20.6 Å². The number of carbonyl (C=O) groups excluding carboxylic acids is 4. The summed E-state index contributed by atoms with van der Waals surface area (Å²) in [7, 11) is 0. The normalized spacial score (nSPS) is 24.0. The zero-order valence-corrected chi connectivity index (χ0v) is 19.0. The number of nitrogens with zero attached hydrogens (tertiary/aromatic N) is 3. The van der Waals surface area contributed by atoms with Gasteiger partial charge in [-0.25, -0.2) is 9.18 Å². The van der Waals surface area contributed by atoms with E-state index in [0.29, 0.717) is 37.6 Å². The molecule has 3 heterocycles. The molecule has 0 aromatic heterocycles. The van der Waals surface area contributed by atoms with Crippen LogP contribution in [0.5, 0.6) is 0 Å². The molecule has 1 aromatic carbocycles. The predicted molar refractivity (Wildman–Crippen MR) is 117 cm³/mol. The summed E-state index contributed by atoms with van der Waals surface area (Å²) in [5.41, 5.74) is 0.699. The number of hydrogen-bond donors (Lipinski definition) is 1. The minimum absolute atomic E-state index is 0.182. The fraction of sp³-hybridized carbons (Fsp3) is 0.545. The van der Waals surface area contributed by atoms with Crippen molar-refractivity contribution in [3.05, 3.63) is 24.0 Å². The number of fused-ring (bicyclic) bond motifs is 1. The summed E-state index contributed by atoms with van der Waals surface area (Å²) in [5, 5.41) is 2.60. The number of hydrogen-bond acceptors (Lipinski definition) is 8. The molecule has 3 amide bonds. The second kappa shape index (κ2) is 9.84. The van der Waals surface area contributed by atoms with Gasteiger partial charge in [0.05, 0.1) is 43.2 Å². The Bertz CT molecular complexity index is 990. The largest absolute Gasteiger partial charge is 0.456 e. The molecule has 3 unspecified atom stereocenters. The highest BCUT2D eigenvalue weighted by Gasteiger charge is 2.43. The third kappa shape index (κ3) is 5.06. The number of amides is 3. The van der Waals surface area contributed by atoms with Crippen LogP contribution in [0.3, 0.4) is 0 Å². The molecular formula is C22H27FN4O7. The van der Waals surface area contributed by atoms with Crippen LogP contribution in [0.1, 0.15) is 13.8 Å². The van der Waals surface area contributed by atoms with E-state index >= 15 is 4.39 Å². The van der Waals surface area contributed by atoms with Crippen molar-refractivity contribution in [2.45, 2.75) is 32.1 Å². The molecule has 0 aliphatic carbocycles. The number of halogens is 1. The van der Waals surface area contributed by atoms with Crippen LogP contribution in [0, 0.1) is 5.82 Å². The van der Waals surface area contributed by atoms with Crippen molar-refractivity contribution in [3.8, 4) is 0 Å². The molecule has 0 saturated carbocycles. The van der Waals surface area contributed by atoms with Crippen molar-refractivity contribution in [1.82, 2.24) is 10.2 Å². The van der Waals surface area contributed by atoms with E-state index in [1.807, 2.05) is 4.90 Å². The topological polar surface area (TPSA) is 118 Å². The minimum atomic E-state index is -0.605. The fourth-order valence-electron chi connectivity index (χ4n) is 4.44. The van der Waals surface area contributed by atoms with E-state index in [9.17, 15) is 19.2 Å². The second-order valence-corrected chi connectivity index (χ2v) is 8.44. The molecule has 4 rings (SSSR count). The quantitative estimate of drug-likeness (QED) is 0.579. The van der Waals surface area contributed by atoms with Gasteiger partial charge in [0.25, 0.3) is 5.91 Å². The van der Waals surface area contributed by atoms with Gasteiger partial charge < -0.3 is 29.3 Å². The minimum Gasteiger partial charge on any atom is -0.456 e. The zero-order valence-electron chi connectivity index (χ0n) is 19.0. The van der Waals surface area contributed by atoms with E-state index in [2.05, 4.69) is 5.32 Å². The highest BCUT2D eigenvalue weighted by atomic mass is 19.1. The molecule has 3 aliphatic heterocycles. The Labute approximate surface area is 195 Å². The Morgan fingerprint density at radius 2 is 2.00 bits per heavy atom. The molecule has 12 heteroatoms. The molecule has 0 spiro atoms. The van der Waals surface area contributed by atoms with Crippen LogP contribution in [0.2, 0.25) is 0 Å². The standard InChI is InChI=1S/C22H27FN4O7/c1-13(28)24-8-16-9-27(22(31)34-16)15-3-4-18(17(23)7-15)26-5-6-32-20-11-25(10-19(20)26)21(30)12-33-14(2)29/h3-4,7,16,19-20H,5-6,8-12H2,1-2H3,(H,24,28). The van der Waals surface area contributed by atoms with Gasteiger partial charge in [-0.05, 0) is 18.2 Å². The van der Waals surface area contributed by atoms with Crippen molar-refractivity contribution in [2.24, 2.45) is 0 Å². The Morgan fingerprint density at radius 1 is 1.21 bits per heavy atom. The summed E-state index contributed by atoms with van der Waals surface area (Å²) in [6, 6.07) is 4.27. The summed E-state index contributed by atoms with van der Waals surface area (Å²) in [6.45, 7) is 4.10. The Morgan fingerprint density at radius 3 is 2.71 bits per heavy atom. The number of benzene rings is 1. The van der Waals surface area contributed by atoms with E-state index in [0.717, 1.165) is 0 Å². The van der Waals surface area contributed by atoms with Gasteiger partial charge >= 0.3 is 12.1 Å². The van der Waals surface area contributed by atoms with Crippen LogP contribution in [-0.4, -0.2) is 93.0 Å². The lowest BCUT2D eigenvalue weighted by Crippen LogP contribution is -2.51. The van der Waals surface area contributed by atoms with Crippen LogP contribution >= 0.6 is 0 Å². The number of morpholine rings is 1. The van der Waals surface area contributed by atoms with Crippen molar-refractivity contribution >= 4 is 35.3 Å². The number of esters is 1. The van der Waals surface area contributed by atoms with Gasteiger partial charge in [-0.3, -0.25) is 19.3 Å². The van der Waals surface area contributed by atoms with Crippen molar-refractivity contribution < 1.29 is 37.8 Å². The van der Waals surface area contributed by atoms with E-state index in [4.69, 9.17) is 14.2 Å². The van der Waals surface area contributed by atoms with Gasteiger partial charge in [0.1, 0.15) is 11.9 Å². The summed E-state index contributed by atoms with van der Waals surface area (Å²) >= 11 is 0. The first-order valence-corrected chi connectivity index (χ1v) is 11.0. The number of anilines is 2. The average Bonchev–Trinajstić information content (AvgIpc) is 3.39. The first kappa shape index (κ1) is 23.7. The molecule has 34 heavy (non-hydrogen) atoms. The molecule has 184 valence electrons. The molecule has 3 fully saturated rings. The van der Waals surface area contributed by atoms with E-state index in [1.54, 1.807) is 17.0 Å². The highest BCUT2D eigenvalue weighted by Crippen LogP contribution is 2.33. The number of cyclic esters (lactones) is 1. The molecular weight excluding hydrogens is 451 g/mol. The van der Waals surface area contributed by atoms with Crippen molar-refractivity contribution in [2.75, 3.05) is 55.7 Å². The number of ether oxygens (including phenoxy) is 3. The lowest BCUT2D eigenvalue weighted by atomic mass is 10.1. The molecule has 3 aliphatic rings. The number of carbonyl (C=O) groups is 4. The van der Waals surface area contributed by atoms with E-state index in [-0.39, 0.29) is 43.7 Å². The molecule has 3 atom stereocenters. The van der Waals surface area contributed by atoms with Gasteiger partial charge in [-0.15, -0.1) is 0 Å². The molecule has 1 aromatic rings. The van der Waals surface area contributed by atoms with Gasteiger partial charge in [0.15, 0.2) is 6.61 Å². The fourth-order valence-corrected chi connectivity index (χ4v) is 4.44. The SMILES string of the molecule is CC(=O)NCC1CN(c2ccc(N3CCOC4CN(C(=O)COC(C)=O)CC43)c(F)c2)C(=O)O1.